The van der Waals surface area contributed by atoms with E-state index in [0.29, 0.717) is 27.2 Å². The summed E-state index contributed by atoms with van der Waals surface area (Å²) in [6.45, 7) is 0. The molecule has 8 nitrogen and oxygen atoms in total. The molecule has 0 bridgehead atoms. The molecule has 26 heavy (non-hydrogen) atoms. The number of benzene rings is 2. The number of methoxy groups -OCH3 is 2. The molecule has 0 fully saturated rings. The summed E-state index contributed by atoms with van der Waals surface area (Å²) in [5.74, 6) is 0.471. The number of anilines is 1. The number of hydrogen-bond acceptors (Lipinski definition) is 6. The van der Waals surface area contributed by atoms with Gasteiger partial charge in [-0.15, -0.1) is 0 Å². The first-order valence-electron chi connectivity index (χ1n) is 7.14. The Kier molecular flexibility index (Phi) is 6.47. The van der Waals surface area contributed by atoms with Crippen molar-refractivity contribution >= 4 is 50.5 Å². The van der Waals surface area contributed by atoms with Crippen molar-refractivity contribution in [2.75, 3.05) is 19.5 Å². The molecule has 136 valence electrons. The fourth-order valence-electron chi connectivity index (χ4n) is 2.03. The fraction of sp³-hybridized carbons (Fsp3) is 0.125. The topological polar surface area (TPSA) is 103 Å². The standard InChI is InChI=1S/C16H14BrN3O5S/c1-24-13-6-3-9(7-14(13)25-2)15(21)19-16(26)18-12-5-4-10(20(22)23)8-11(12)17/h3-8H,1-2H3,(H2,18,19,21,26). The monoisotopic (exact) mass is 439 g/mol. The molecule has 0 saturated carbocycles. The average molecular weight is 440 g/mol. The molecule has 0 aromatic heterocycles. The molecule has 2 aromatic rings. The lowest BCUT2D eigenvalue weighted by Crippen LogP contribution is -2.34. The maximum absolute atomic E-state index is 12.3. The van der Waals surface area contributed by atoms with Gasteiger partial charge in [-0.3, -0.25) is 20.2 Å². The van der Waals surface area contributed by atoms with Crippen LogP contribution in [0.2, 0.25) is 0 Å². The van der Waals surface area contributed by atoms with Crippen LogP contribution in [-0.2, 0) is 0 Å². The zero-order chi connectivity index (χ0) is 19.3. The summed E-state index contributed by atoms with van der Waals surface area (Å²) >= 11 is 8.33. The smallest absolute Gasteiger partial charge is 0.270 e. The van der Waals surface area contributed by atoms with E-state index in [2.05, 4.69) is 26.6 Å². The van der Waals surface area contributed by atoms with Crippen LogP contribution in [0.15, 0.2) is 40.9 Å². The van der Waals surface area contributed by atoms with Crippen LogP contribution in [0.25, 0.3) is 0 Å². The van der Waals surface area contributed by atoms with Crippen molar-refractivity contribution in [3.63, 3.8) is 0 Å². The molecule has 0 aliphatic carbocycles. The van der Waals surface area contributed by atoms with Gasteiger partial charge in [-0.1, -0.05) is 0 Å². The van der Waals surface area contributed by atoms with Gasteiger partial charge < -0.3 is 14.8 Å². The summed E-state index contributed by atoms with van der Waals surface area (Å²) in [7, 11) is 2.97. The van der Waals surface area contributed by atoms with E-state index in [-0.39, 0.29) is 10.8 Å². The summed E-state index contributed by atoms with van der Waals surface area (Å²) in [5.41, 5.74) is 0.741. The second kappa shape index (κ2) is 8.59. The minimum absolute atomic E-state index is 0.0411. The summed E-state index contributed by atoms with van der Waals surface area (Å²) < 4.78 is 10.7. The zero-order valence-corrected chi connectivity index (χ0v) is 16.1. The molecule has 0 unspecified atom stereocenters. The number of nitrogens with one attached hydrogen (secondary N) is 2. The third-order valence-electron chi connectivity index (χ3n) is 3.28. The predicted octanol–water partition coefficient (Wildman–Crippen LogP) is 3.50. The van der Waals surface area contributed by atoms with Crippen LogP contribution in [0.4, 0.5) is 11.4 Å². The maximum Gasteiger partial charge on any atom is 0.270 e. The molecule has 2 aromatic carbocycles. The van der Waals surface area contributed by atoms with Gasteiger partial charge in [0.05, 0.1) is 24.8 Å². The molecule has 0 aliphatic heterocycles. The first-order chi connectivity index (χ1) is 12.3. The van der Waals surface area contributed by atoms with E-state index in [1.165, 1.54) is 38.5 Å². The predicted molar refractivity (Wildman–Crippen MR) is 104 cm³/mol. The SMILES string of the molecule is COc1ccc(C(=O)NC(=S)Nc2ccc([N+](=O)[O-])cc2Br)cc1OC. The third-order valence-corrected chi connectivity index (χ3v) is 4.14. The van der Waals surface area contributed by atoms with Gasteiger partial charge >= 0.3 is 0 Å². The molecule has 0 atom stereocenters. The van der Waals surface area contributed by atoms with Gasteiger partial charge in [0.25, 0.3) is 11.6 Å². The Hall–Kier alpha value is -2.72. The number of rotatable bonds is 5. The Morgan fingerprint density at radius 1 is 1.15 bits per heavy atom. The number of ether oxygens (including phenoxy) is 2. The number of nitro groups is 1. The van der Waals surface area contributed by atoms with E-state index in [1.807, 2.05) is 0 Å². The van der Waals surface area contributed by atoms with E-state index >= 15 is 0 Å². The van der Waals surface area contributed by atoms with Crippen LogP contribution >= 0.6 is 28.1 Å². The van der Waals surface area contributed by atoms with E-state index in [1.54, 1.807) is 12.1 Å². The van der Waals surface area contributed by atoms with E-state index < -0.39 is 10.8 Å². The number of non-ortho nitro benzene ring substituents is 1. The zero-order valence-electron chi connectivity index (χ0n) is 13.7. The quantitative estimate of drug-likeness (QED) is 0.417. The third kappa shape index (κ3) is 4.67. The van der Waals surface area contributed by atoms with Crippen molar-refractivity contribution in [1.29, 1.82) is 0 Å². The molecule has 2 rings (SSSR count). The Labute approximate surface area is 162 Å². The van der Waals surface area contributed by atoms with Crippen molar-refractivity contribution in [2.24, 2.45) is 0 Å². The van der Waals surface area contributed by atoms with Gasteiger partial charge in [0.15, 0.2) is 16.6 Å². The minimum atomic E-state index is -0.508. The number of hydrogen-bond donors (Lipinski definition) is 2. The van der Waals surface area contributed by atoms with Crippen molar-refractivity contribution in [1.82, 2.24) is 5.32 Å². The first kappa shape index (κ1) is 19.6. The lowest BCUT2D eigenvalue weighted by molar-refractivity contribution is -0.384. The second-order valence-electron chi connectivity index (χ2n) is 4.90. The molecule has 10 heteroatoms. The molecular formula is C16H14BrN3O5S. The Morgan fingerprint density at radius 3 is 2.42 bits per heavy atom. The number of amides is 1. The van der Waals surface area contributed by atoms with Gasteiger partial charge in [0.2, 0.25) is 0 Å². The molecular weight excluding hydrogens is 426 g/mol. The lowest BCUT2D eigenvalue weighted by atomic mass is 10.2. The van der Waals surface area contributed by atoms with Crippen LogP contribution < -0.4 is 20.1 Å². The van der Waals surface area contributed by atoms with Crippen LogP contribution in [-0.4, -0.2) is 30.2 Å². The number of carbonyl (C=O) groups is 1. The summed E-state index contributed by atoms with van der Waals surface area (Å²) in [6, 6.07) is 8.85. The van der Waals surface area contributed by atoms with Crippen LogP contribution in [0.3, 0.4) is 0 Å². The van der Waals surface area contributed by atoms with Crippen molar-refractivity contribution in [3.8, 4) is 11.5 Å². The molecule has 0 spiro atoms. The highest BCUT2D eigenvalue weighted by Gasteiger charge is 2.14. The molecule has 1 amide bonds. The van der Waals surface area contributed by atoms with Gasteiger partial charge in [-0.05, 0) is 52.4 Å². The minimum Gasteiger partial charge on any atom is -0.493 e. The molecule has 2 N–H and O–H groups in total. The number of halogens is 1. The fourth-order valence-corrected chi connectivity index (χ4v) is 2.69. The average Bonchev–Trinajstić information content (AvgIpc) is 2.62. The highest BCUT2D eigenvalue weighted by molar-refractivity contribution is 9.10. The summed E-state index contributed by atoms with van der Waals surface area (Å²) in [6.07, 6.45) is 0. The van der Waals surface area contributed by atoms with Gasteiger partial charge in [0.1, 0.15) is 0 Å². The Balaban J connectivity index is 2.08. The molecule has 0 aliphatic rings. The molecule has 0 radical (unpaired) electrons. The molecule has 0 saturated heterocycles. The second-order valence-corrected chi connectivity index (χ2v) is 6.16. The maximum atomic E-state index is 12.3. The normalized spacial score (nSPS) is 9.96. The number of carbonyl (C=O) groups excluding carboxylic acids is 1. The number of thiocarbonyl (C=S) groups is 1. The highest BCUT2D eigenvalue weighted by Crippen LogP contribution is 2.28. The Morgan fingerprint density at radius 2 is 1.85 bits per heavy atom. The summed E-state index contributed by atoms with van der Waals surface area (Å²) in [5, 5.41) is 16.1. The van der Waals surface area contributed by atoms with E-state index in [0.717, 1.165) is 0 Å². The van der Waals surface area contributed by atoms with Crippen LogP contribution in [0.1, 0.15) is 10.4 Å². The summed E-state index contributed by atoms with van der Waals surface area (Å²) in [4.78, 5) is 22.5. The van der Waals surface area contributed by atoms with Gasteiger partial charge in [-0.2, -0.15) is 0 Å². The lowest BCUT2D eigenvalue weighted by Gasteiger charge is -2.12. The largest absolute Gasteiger partial charge is 0.493 e. The van der Waals surface area contributed by atoms with E-state index in [9.17, 15) is 14.9 Å². The van der Waals surface area contributed by atoms with Crippen LogP contribution in [0.5, 0.6) is 11.5 Å². The first-order valence-corrected chi connectivity index (χ1v) is 8.34. The molecule has 0 heterocycles. The van der Waals surface area contributed by atoms with Gasteiger partial charge in [-0.25, -0.2) is 0 Å². The number of nitro benzene ring substituents is 1. The van der Waals surface area contributed by atoms with Crippen LogP contribution in [0, 0.1) is 10.1 Å². The van der Waals surface area contributed by atoms with Crippen molar-refractivity contribution in [3.05, 3.63) is 56.5 Å². The highest BCUT2D eigenvalue weighted by atomic mass is 79.9. The van der Waals surface area contributed by atoms with Crippen molar-refractivity contribution in [2.45, 2.75) is 0 Å². The van der Waals surface area contributed by atoms with E-state index in [4.69, 9.17) is 21.7 Å². The van der Waals surface area contributed by atoms with Crippen molar-refractivity contribution < 1.29 is 19.2 Å². The Bertz CT molecular complexity index is 875. The van der Waals surface area contributed by atoms with Gasteiger partial charge in [0, 0.05) is 22.2 Å². The number of nitrogens with zero attached hydrogens (tertiary/aromatic N) is 1.